The Balaban J connectivity index is 1.55. The molecule has 0 aliphatic carbocycles. The summed E-state index contributed by atoms with van der Waals surface area (Å²) in [5.41, 5.74) is 1.34. The molecule has 0 radical (unpaired) electrons. The number of nitrogens with zero attached hydrogens (tertiary/aromatic N) is 2. The highest BCUT2D eigenvalue weighted by atomic mass is 32.2. The first-order valence-electron chi connectivity index (χ1n) is 9.19. The van der Waals surface area contributed by atoms with E-state index in [1.807, 2.05) is 0 Å². The quantitative estimate of drug-likeness (QED) is 0.857. The highest BCUT2D eigenvalue weighted by Gasteiger charge is 2.37. The van der Waals surface area contributed by atoms with E-state index in [1.165, 1.54) is 18.2 Å². The number of hydrogen-bond donors (Lipinski definition) is 1. The van der Waals surface area contributed by atoms with Gasteiger partial charge < -0.3 is 10.2 Å². The molecule has 6 nitrogen and oxygen atoms in total. The molecule has 0 saturated carbocycles. The van der Waals surface area contributed by atoms with Gasteiger partial charge in [0.15, 0.2) is 5.84 Å². The maximum absolute atomic E-state index is 13.0. The summed E-state index contributed by atoms with van der Waals surface area (Å²) in [5.74, 6) is -0.168. The highest BCUT2D eigenvalue weighted by molar-refractivity contribution is 7.90. The lowest BCUT2D eigenvalue weighted by Crippen LogP contribution is -2.51. The fourth-order valence-electron chi connectivity index (χ4n) is 3.66. The molecule has 2 aromatic rings. The van der Waals surface area contributed by atoms with Gasteiger partial charge in [-0.2, -0.15) is 8.42 Å². The minimum absolute atomic E-state index is 0.182. The monoisotopic (exact) mass is 401 g/mol. The molecule has 28 heavy (non-hydrogen) atoms. The molecular weight excluding hydrogens is 381 g/mol. The molecule has 8 heteroatoms. The Bertz CT molecular complexity index is 1030. The number of carbonyl (C=O) groups excluding carboxylic acids is 1. The van der Waals surface area contributed by atoms with E-state index in [1.54, 1.807) is 35.2 Å². The summed E-state index contributed by atoms with van der Waals surface area (Å²) >= 11 is 0. The number of rotatable bonds is 3. The van der Waals surface area contributed by atoms with Crippen molar-refractivity contribution in [2.75, 3.05) is 6.54 Å². The van der Waals surface area contributed by atoms with Gasteiger partial charge in [-0.1, -0.05) is 24.3 Å². The zero-order valence-corrected chi connectivity index (χ0v) is 16.0. The predicted octanol–water partition coefficient (Wildman–Crippen LogP) is 2.45. The van der Waals surface area contributed by atoms with Crippen LogP contribution in [0.25, 0.3) is 0 Å². The molecule has 1 atom stereocenters. The molecule has 146 valence electrons. The lowest BCUT2D eigenvalue weighted by Gasteiger charge is -2.36. The number of carbonyl (C=O) groups is 1. The fourth-order valence-corrected chi connectivity index (χ4v) is 4.88. The Morgan fingerprint density at radius 1 is 1.14 bits per heavy atom. The Kier molecular flexibility index (Phi) is 4.89. The van der Waals surface area contributed by atoms with Gasteiger partial charge in [0.2, 0.25) is 5.91 Å². The van der Waals surface area contributed by atoms with E-state index in [-0.39, 0.29) is 23.2 Å². The van der Waals surface area contributed by atoms with Crippen LogP contribution in [0.15, 0.2) is 57.8 Å². The number of likely N-dealkylation sites (tertiary alicyclic amines) is 1. The van der Waals surface area contributed by atoms with Crippen molar-refractivity contribution in [1.82, 2.24) is 10.2 Å². The van der Waals surface area contributed by atoms with E-state index in [0.29, 0.717) is 24.4 Å². The minimum Gasteiger partial charge on any atom is -0.350 e. The third-order valence-electron chi connectivity index (χ3n) is 5.07. The standard InChI is InChI=1S/C20H20FN3O3S/c21-15-10-8-14(9-11-15)13-22-20(25)17-6-3-4-12-24(17)19-16-5-1-2-7-18(16)28(26,27)23-19/h1-2,5,7-11,17H,3-4,6,12-13H2,(H,22,25)/t17-/m0/s1. The van der Waals surface area contributed by atoms with Gasteiger partial charge in [0.25, 0.3) is 10.0 Å². The predicted molar refractivity (Wildman–Crippen MR) is 103 cm³/mol. The van der Waals surface area contributed by atoms with Crippen LogP contribution in [-0.2, 0) is 21.4 Å². The van der Waals surface area contributed by atoms with Crippen LogP contribution < -0.4 is 5.32 Å². The van der Waals surface area contributed by atoms with Crippen molar-refractivity contribution in [3.8, 4) is 0 Å². The van der Waals surface area contributed by atoms with Crippen LogP contribution in [0.1, 0.15) is 30.4 Å². The SMILES string of the molecule is O=C(NCc1ccc(F)cc1)[C@@H]1CCCCN1C1=NS(=O)(=O)c2ccccc21. The van der Waals surface area contributed by atoms with E-state index >= 15 is 0 Å². The van der Waals surface area contributed by atoms with Crippen LogP contribution in [0.4, 0.5) is 4.39 Å². The summed E-state index contributed by atoms with van der Waals surface area (Å²) in [6.07, 6.45) is 2.37. The van der Waals surface area contributed by atoms with Gasteiger partial charge in [0.05, 0.1) is 0 Å². The molecule has 2 aromatic carbocycles. The van der Waals surface area contributed by atoms with E-state index in [4.69, 9.17) is 0 Å². The Morgan fingerprint density at radius 2 is 1.89 bits per heavy atom. The van der Waals surface area contributed by atoms with E-state index in [0.717, 1.165) is 18.4 Å². The number of piperidine rings is 1. The van der Waals surface area contributed by atoms with Crippen LogP contribution in [0.5, 0.6) is 0 Å². The Hall–Kier alpha value is -2.74. The second-order valence-corrected chi connectivity index (χ2v) is 8.51. The maximum atomic E-state index is 13.0. The number of benzene rings is 2. The second-order valence-electron chi connectivity index (χ2n) is 6.94. The zero-order chi connectivity index (χ0) is 19.7. The molecule has 1 fully saturated rings. The van der Waals surface area contributed by atoms with Crippen molar-refractivity contribution in [1.29, 1.82) is 0 Å². The smallest absolute Gasteiger partial charge is 0.285 e. The first kappa shape index (κ1) is 18.6. The average Bonchev–Trinajstić information content (AvgIpc) is 2.98. The molecular formula is C20H20FN3O3S. The van der Waals surface area contributed by atoms with Gasteiger partial charge in [-0.15, -0.1) is 4.40 Å². The maximum Gasteiger partial charge on any atom is 0.285 e. The van der Waals surface area contributed by atoms with Crippen LogP contribution in [0, 0.1) is 5.82 Å². The Morgan fingerprint density at radius 3 is 2.68 bits per heavy atom. The molecule has 0 bridgehead atoms. The van der Waals surface area contributed by atoms with Gasteiger partial charge >= 0.3 is 0 Å². The lowest BCUT2D eigenvalue weighted by atomic mass is 9.99. The number of amidine groups is 1. The molecule has 1 saturated heterocycles. The van der Waals surface area contributed by atoms with Crippen LogP contribution >= 0.6 is 0 Å². The van der Waals surface area contributed by atoms with Crippen molar-refractivity contribution in [2.24, 2.45) is 4.40 Å². The van der Waals surface area contributed by atoms with Crippen molar-refractivity contribution >= 4 is 21.8 Å². The first-order chi connectivity index (χ1) is 13.5. The molecule has 4 rings (SSSR count). The summed E-state index contributed by atoms with van der Waals surface area (Å²) in [5, 5.41) is 2.88. The third-order valence-corrected chi connectivity index (χ3v) is 6.40. The summed E-state index contributed by atoms with van der Waals surface area (Å²) in [4.78, 5) is 14.8. The largest absolute Gasteiger partial charge is 0.350 e. The lowest BCUT2D eigenvalue weighted by molar-refractivity contribution is -0.126. The minimum atomic E-state index is -3.73. The number of halogens is 1. The molecule has 0 spiro atoms. The molecule has 0 aromatic heterocycles. The normalized spacial score (nSPS) is 20.4. The van der Waals surface area contributed by atoms with Crippen molar-refractivity contribution in [2.45, 2.75) is 36.7 Å². The van der Waals surface area contributed by atoms with Gasteiger partial charge in [-0.05, 0) is 49.1 Å². The van der Waals surface area contributed by atoms with Gasteiger partial charge in [0.1, 0.15) is 16.8 Å². The van der Waals surface area contributed by atoms with Crippen LogP contribution in [0.3, 0.4) is 0 Å². The summed E-state index contributed by atoms with van der Waals surface area (Å²) in [6, 6.07) is 12.1. The highest BCUT2D eigenvalue weighted by Crippen LogP contribution is 2.30. The number of fused-ring (bicyclic) bond motifs is 1. The van der Waals surface area contributed by atoms with Gasteiger partial charge in [-0.3, -0.25) is 4.79 Å². The van der Waals surface area contributed by atoms with Gasteiger partial charge in [-0.25, -0.2) is 4.39 Å². The van der Waals surface area contributed by atoms with E-state index in [9.17, 15) is 17.6 Å². The summed E-state index contributed by atoms with van der Waals surface area (Å²) < 4.78 is 41.7. The topological polar surface area (TPSA) is 78.8 Å². The second kappa shape index (κ2) is 7.35. The number of nitrogens with one attached hydrogen (secondary N) is 1. The third kappa shape index (κ3) is 3.52. The average molecular weight is 401 g/mol. The Labute approximate surface area is 163 Å². The molecule has 2 aliphatic heterocycles. The van der Waals surface area contributed by atoms with Crippen molar-refractivity contribution < 1.29 is 17.6 Å². The first-order valence-corrected chi connectivity index (χ1v) is 10.6. The molecule has 2 heterocycles. The zero-order valence-electron chi connectivity index (χ0n) is 15.1. The van der Waals surface area contributed by atoms with Crippen LogP contribution in [0.2, 0.25) is 0 Å². The van der Waals surface area contributed by atoms with Crippen molar-refractivity contribution in [3.05, 3.63) is 65.5 Å². The van der Waals surface area contributed by atoms with E-state index < -0.39 is 16.1 Å². The van der Waals surface area contributed by atoms with E-state index in [2.05, 4.69) is 9.71 Å². The molecule has 2 aliphatic rings. The van der Waals surface area contributed by atoms with Gasteiger partial charge in [0, 0.05) is 18.7 Å². The summed E-state index contributed by atoms with van der Waals surface area (Å²) in [6.45, 7) is 0.849. The number of amides is 1. The molecule has 1 amide bonds. The number of sulfonamides is 1. The molecule has 0 unspecified atom stereocenters. The van der Waals surface area contributed by atoms with Crippen LogP contribution in [-0.4, -0.2) is 37.6 Å². The summed E-state index contributed by atoms with van der Waals surface area (Å²) in [7, 11) is -3.73. The van der Waals surface area contributed by atoms with Crippen molar-refractivity contribution in [3.63, 3.8) is 0 Å². The fraction of sp³-hybridized carbons (Fsp3) is 0.300. The molecule has 1 N–H and O–H groups in total. The number of hydrogen-bond acceptors (Lipinski definition) is 4.